The van der Waals surface area contributed by atoms with E-state index in [1.165, 1.54) is 0 Å². The van der Waals surface area contributed by atoms with Gasteiger partial charge < -0.3 is 19.0 Å². The van der Waals surface area contributed by atoms with Crippen LogP contribution in [0.5, 0.6) is 0 Å². The standard InChI is InChI=1S/C12H20O4/c1-4-8(6-13)9-5-7(2)10(15-9)11-12(14-3)16-11/h6-12H,4-5H2,1-3H3/t7-,8-,9+,10+,11-,12-/m1/s1. The van der Waals surface area contributed by atoms with Gasteiger partial charge in [-0.15, -0.1) is 0 Å². The highest BCUT2D eigenvalue weighted by Crippen LogP contribution is 2.40. The van der Waals surface area contributed by atoms with Crippen molar-refractivity contribution in [1.29, 1.82) is 0 Å². The summed E-state index contributed by atoms with van der Waals surface area (Å²) in [4.78, 5) is 10.9. The first-order chi connectivity index (χ1) is 7.71. The Morgan fingerprint density at radius 1 is 1.44 bits per heavy atom. The van der Waals surface area contributed by atoms with Gasteiger partial charge in [0.15, 0.2) is 6.29 Å². The SMILES string of the molecule is CC[C@H](C=O)[C@@H]1C[C@@H](C)[C@@H]([C@H]2O[C@H]2OC)O1. The molecule has 0 amide bonds. The molecule has 0 bridgehead atoms. The van der Waals surface area contributed by atoms with Crippen LogP contribution in [0.4, 0.5) is 0 Å². The monoisotopic (exact) mass is 228 g/mol. The smallest absolute Gasteiger partial charge is 0.186 e. The first-order valence-electron chi connectivity index (χ1n) is 6.00. The van der Waals surface area contributed by atoms with Crippen molar-refractivity contribution in [1.82, 2.24) is 0 Å². The highest BCUT2D eigenvalue weighted by molar-refractivity contribution is 5.54. The van der Waals surface area contributed by atoms with E-state index in [0.717, 1.165) is 19.1 Å². The number of rotatable bonds is 5. The number of hydrogen-bond donors (Lipinski definition) is 0. The number of carbonyl (C=O) groups excluding carboxylic acids is 1. The van der Waals surface area contributed by atoms with Crippen molar-refractivity contribution in [3.05, 3.63) is 0 Å². The summed E-state index contributed by atoms with van der Waals surface area (Å²) in [6.07, 6.45) is 2.90. The maximum absolute atomic E-state index is 10.9. The third kappa shape index (κ3) is 2.14. The van der Waals surface area contributed by atoms with Crippen molar-refractivity contribution < 1.29 is 19.0 Å². The molecule has 4 heteroatoms. The molecular formula is C12H20O4. The Kier molecular flexibility index (Phi) is 3.62. The number of ether oxygens (including phenoxy) is 3. The normalized spacial score (nSPS) is 44.3. The molecule has 2 heterocycles. The van der Waals surface area contributed by atoms with Gasteiger partial charge in [-0.1, -0.05) is 13.8 Å². The van der Waals surface area contributed by atoms with Crippen LogP contribution in [0.25, 0.3) is 0 Å². The van der Waals surface area contributed by atoms with Crippen molar-refractivity contribution in [3.63, 3.8) is 0 Å². The Balaban J connectivity index is 1.91. The van der Waals surface area contributed by atoms with Crippen LogP contribution in [0, 0.1) is 11.8 Å². The van der Waals surface area contributed by atoms with E-state index in [0.29, 0.717) is 5.92 Å². The first-order valence-corrected chi connectivity index (χ1v) is 6.00. The van der Waals surface area contributed by atoms with Gasteiger partial charge in [0.1, 0.15) is 12.4 Å². The Morgan fingerprint density at radius 2 is 2.19 bits per heavy atom. The summed E-state index contributed by atoms with van der Waals surface area (Å²) in [6, 6.07) is 0. The van der Waals surface area contributed by atoms with Gasteiger partial charge in [0, 0.05) is 13.0 Å². The maximum atomic E-state index is 10.9. The van der Waals surface area contributed by atoms with E-state index >= 15 is 0 Å². The summed E-state index contributed by atoms with van der Waals surface area (Å²) in [7, 11) is 1.64. The van der Waals surface area contributed by atoms with E-state index in [2.05, 4.69) is 6.92 Å². The third-order valence-electron chi connectivity index (χ3n) is 3.66. The topological polar surface area (TPSA) is 48.1 Å². The Hall–Kier alpha value is -0.450. The molecule has 0 unspecified atom stereocenters. The van der Waals surface area contributed by atoms with E-state index in [9.17, 15) is 4.79 Å². The quantitative estimate of drug-likeness (QED) is 0.527. The fraction of sp³-hybridized carbons (Fsp3) is 0.917. The molecule has 2 rings (SSSR count). The van der Waals surface area contributed by atoms with E-state index in [1.54, 1.807) is 7.11 Å². The summed E-state index contributed by atoms with van der Waals surface area (Å²) in [6.45, 7) is 4.17. The van der Waals surface area contributed by atoms with Crippen LogP contribution in [0.15, 0.2) is 0 Å². The minimum atomic E-state index is -0.109. The molecule has 2 aliphatic rings. The summed E-state index contributed by atoms with van der Waals surface area (Å²) >= 11 is 0. The summed E-state index contributed by atoms with van der Waals surface area (Å²) in [5.41, 5.74) is 0. The molecule has 0 N–H and O–H groups in total. The Morgan fingerprint density at radius 3 is 2.69 bits per heavy atom. The molecule has 0 radical (unpaired) electrons. The molecule has 0 aromatic heterocycles. The van der Waals surface area contributed by atoms with Crippen LogP contribution < -0.4 is 0 Å². The molecule has 0 spiro atoms. The fourth-order valence-electron chi connectivity index (χ4n) is 2.55. The van der Waals surface area contributed by atoms with Crippen molar-refractivity contribution in [2.45, 2.75) is 51.3 Å². The van der Waals surface area contributed by atoms with Crippen molar-refractivity contribution in [2.24, 2.45) is 11.8 Å². The van der Waals surface area contributed by atoms with Crippen LogP contribution >= 0.6 is 0 Å². The number of carbonyl (C=O) groups is 1. The zero-order chi connectivity index (χ0) is 11.7. The van der Waals surface area contributed by atoms with Crippen LogP contribution in [0.3, 0.4) is 0 Å². The second-order valence-corrected chi connectivity index (χ2v) is 4.77. The predicted octanol–water partition coefficient (Wildman–Crippen LogP) is 1.38. The first kappa shape index (κ1) is 12.0. The lowest BCUT2D eigenvalue weighted by Gasteiger charge is -2.16. The van der Waals surface area contributed by atoms with Crippen LogP contribution in [-0.2, 0) is 19.0 Å². The number of aldehydes is 1. The predicted molar refractivity (Wildman–Crippen MR) is 58.0 cm³/mol. The Bertz CT molecular complexity index is 255. The second-order valence-electron chi connectivity index (χ2n) is 4.77. The Labute approximate surface area is 96.2 Å². The summed E-state index contributed by atoms with van der Waals surface area (Å²) in [5, 5.41) is 0. The average Bonchev–Trinajstić information content (AvgIpc) is 2.97. The van der Waals surface area contributed by atoms with Gasteiger partial charge in [-0.3, -0.25) is 0 Å². The minimum absolute atomic E-state index is 0.0206. The van der Waals surface area contributed by atoms with E-state index < -0.39 is 0 Å². The van der Waals surface area contributed by atoms with Gasteiger partial charge in [-0.05, 0) is 18.8 Å². The largest absolute Gasteiger partial charge is 0.371 e. The van der Waals surface area contributed by atoms with Gasteiger partial charge in [0.05, 0.1) is 12.2 Å². The van der Waals surface area contributed by atoms with E-state index in [4.69, 9.17) is 14.2 Å². The maximum Gasteiger partial charge on any atom is 0.186 e. The number of methoxy groups -OCH3 is 1. The molecule has 2 aliphatic heterocycles. The molecule has 0 saturated carbocycles. The zero-order valence-corrected chi connectivity index (χ0v) is 10.1. The van der Waals surface area contributed by atoms with Gasteiger partial charge in [0.2, 0.25) is 0 Å². The molecule has 6 atom stereocenters. The second kappa shape index (κ2) is 4.82. The number of hydrogen-bond acceptors (Lipinski definition) is 4. The van der Waals surface area contributed by atoms with Gasteiger partial charge in [-0.2, -0.15) is 0 Å². The molecule has 0 aromatic carbocycles. The average molecular weight is 228 g/mol. The number of epoxide rings is 1. The lowest BCUT2D eigenvalue weighted by atomic mass is 9.93. The molecule has 2 fully saturated rings. The van der Waals surface area contributed by atoms with Gasteiger partial charge in [0.25, 0.3) is 0 Å². The van der Waals surface area contributed by atoms with Crippen LogP contribution in [-0.4, -0.2) is 38.0 Å². The molecule has 16 heavy (non-hydrogen) atoms. The summed E-state index contributed by atoms with van der Waals surface area (Å²) in [5.74, 6) is 0.455. The van der Waals surface area contributed by atoms with Crippen LogP contribution in [0.1, 0.15) is 26.7 Å². The van der Waals surface area contributed by atoms with Gasteiger partial charge >= 0.3 is 0 Å². The third-order valence-corrected chi connectivity index (χ3v) is 3.66. The fourth-order valence-corrected chi connectivity index (χ4v) is 2.55. The van der Waals surface area contributed by atoms with Crippen molar-refractivity contribution in [3.8, 4) is 0 Å². The van der Waals surface area contributed by atoms with Crippen molar-refractivity contribution >= 4 is 6.29 Å². The molecule has 0 aliphatic carbocycles. The molecule has 4 nitrogen and oxygen atoms in total. The molecule has 2 saturated heterocycles. The van der Waals surface area contributed by atoms with E-state index in [1.807, 2.05) is 6.92 Å². The highest BCUT2D eigenvalue weighted by atomic mass is 16.8. The molecular weight excluding hydrogens is 208 g/mol. The molecule has 92 valence electrons. The lowest BCUT2D eigenvalue weighted by molar-refractivity contribution is -0.116. The van der Waals surface area contributed by atoms with Crippen LogP contribution in [0.2, 0.25) is 0 Å². The van der Waals surface area contributed by atoms with Crippen molar-refractivity contribution in [2.75, 3.05) is 7.11 Å². The highest BCUT2D eigenvalue weighted by Gasteiger charge is 2.52. The molecule has 0 aromatic rings. The summed E-state index contributed by atoms with van der Waals surface area (Å²) < 4.78 is 16.4. The van der Waals surface area contributed by atoms with E-state index in [-0.39, 0.29) is 30.5 Å². The lowest BCUT2D eigenvalue weighted by Crippen LogP contribution is -2.26. The van der Waals surface area contributed by atoms with Gasteiger partial charge in [-0.25, -0.2) is 0 Å². The zero-order valence-electron chi connectivity index (χ0n) is 10.1. The minimum Gasteiger partial charge on any atom is -0.371 e.